The molecule has 0 aliphatic carbocycles. The maximum atomic E-state index is 4.28. The minimum Gasteiger partial charge on any atom is -0.345 e. The summed E-state index contributed by atoms with van der Waals surface area (Å²) >= 11 is 0. The van der Waals surface area contributed by atoms with E-state index in [-0.39, 0.29) is 1.43 Å². The molecule has 0 fully saturated rings. The Bertz CT molecular complexity index is 625. The molecule has 0 aliphatic rings. The van der Waals surface area contributed by atoms with Crippen molar-refractivity contribution in [1.82, 2.24) is 9.97 Å². The van der Waals surface area contributed by atoms with Crippen LogP contribution in [0.4, 0.5) is 0 Å². The zero-order valence-corrected chi connectivity index (χ0v) is 11.3. The van der Waals surface area contributed by atoms with Crippen molar-refractivity contribution < 1.29 is 1.43 Å². The number of pyridine rings is 1. The Morgan fingerprint density at radius 2 is 2.42 bits per heavy atom. The van der Waals surface area contributed by atoms with Crippen LogP contribution in [-0.4, -0.2) is 16.7 Å². The van der Waals surface area contributed by atoms with E-state index in [0.717, 1.165) is 40.7 Å². The lowest BCUT2D eigenvalue weighted by atomic mass is 10.1. The number of hydrogen-bond acceptors (Lipinski definition) is 2. The van der Waals surface area contributed by atoms with Gasteiger partial charge < -0.3 is 4.98 Å². The third-order valence-electron chi connectivity index (χ3n) is 3.09. The Balaban J connectivity index is 0.00000200. The molecule has 0 spiro atoms. The van der Waals surface area contributed by atoms with Crippen LogP contribution in [0.3, 0.4) is 0 Å². The first-order valence-corrected chi connectivity index (χ1v) is 6.55. The average molecular weight is 255 g/mol. The number of rotatable bonds is 6. The van der Waals surface area contributed by atoms with Crippen LogP contribution in [0, 0.1) is 0 Å². The molecule has 1 N–H and O–H groups in total. The molecule has 0 bridgehead atoms. The summed E-state index contributed by atoms with van der Waals surface area (Å²) in [6.07, 6.45) is 9.02. The number of unbranched alkanes of at least 4 members (excludes halogenated alkanes) is 1. The fourth-order valence-corrected chi connectivity index (χ4v) is 2.05. The third kappa shape index (κ3) is 2.99. The molecule has 0 saturated heterocycles. The van der Waals surface area contributed by atoms with E-state index >= 15 is 0 Å². The van der Waals surface area contributed by atoms with Gasteiger partial charge in [0.25, 0.3) is 0 Å². The van der Waals surface area contributed by atoms with Gasteiger partial charge in [0.15, 0.2) is 0 Å². The summed E-state index contributed by atoms with van der Waals surface area (Å²) in [7, 11) is 0. The Labute approximate surface area is 115 Å². The van der Waals surface area contributed by atoms with Crippen LogP contribution < -0.4 is 0 Å². The predicted molar refractivity (Wildman–Crippen MR) is 84.4 cm³/mol. The van der Waals surface area contributed by atoms with Gasteiger partial charge in [-0.1, -0.05) is 25.5 Å². The smallest absolute Gasteiger partial charge is 0.137 e. The average Bonchev–Trinajstić information content (AvgIpc) is 2.86. The summed E-state index contributed by atoms with van der Waals surface area (Å²) < 4.78 is 0. The molecular formula is C16H21N3. The largest absolute Gasteiger partial charge is 0.345 e. The minimum absolute atomic E-state index is 0. The first-order valence-electron chi connectivity index (χ1n) is 6.55. The molecule has 2 heterocycles. The summed E-state index contributed by atoms with van der Waals surface area (Å²) in [6.45, 7) is 9.92. The van der Waals surface area contributed by atoms with Gasteiger partial charge in [-0.15, -0.1) is 0 Å². The standard InChI is InChI=1S/C16H19N3.H2/c1-4-5-7-12(2)10-15(17-3)14-11-19-16-13(14)8-6-9-18-16;/h6,8-11H,2-5,7H2,1H3,(H,18,19);1H/b15-10-;. The van der Waals surface area contributed by atoms with Crippen molar-refractivity contribution in [3.05, 3.63) is 48.3 Å². The molecule has 0 unspecified atom stereocenters. The van der Waals surface area contributed by atoms with Gasteiger partial charge in [-0.2, -0.15) is 0 Å². The second-order valence-corrected chi connectivity index (χ2v) is 4.55. The molecule has 2 aromatic rings. The van der Waals surface area contributed by atoms with E-state index in [9.17, 15) is 0 Å². The van der Waals surface area contributed by atoms with Crippen LogP contribution in [0.2, 0.25) is 0 Å². The molecule has 0 aromatic carbocycles. The van der Waals surface area contributed by atoms with Gasteiger partial charge in [-0.25, -0.2) is 4.98 Å². The van der Waals surface area contributed by atoms with E-state index in [0.29, 0.717) is 0 Å². The van der Waals surface area contributed by atoms with Gasteiger partial charge in [0.2, 0.25) is 0 Å². The van der Waals surface area contributed by atoms with Crippen molar-refractivity contribution in [1.29, 1.82) is 0 Å². The molecule has 0 aliphatic heterocycles. The van der Waals surface area contributed by atoms with Crippen molar-refractivity contribution in [3.8, 4) is 0 Å². The van der Waals surface area contributed by atoms with Crippen LogP contribution in [0.5, 0.6) is 0 Å². The molecule has 0 amide bonds. The molecule has 0 saturated carbocycles. The highest BCUT2D eigenvalue weighted by molar-refractivity contribution is 5.91. The first kappa shape index (κ1) is 13.3. The number of allylic oxidation sites excluding steroid dienone is 2. The number of nitrogens with one attached hydrogen (secondary N) is 1. The molecule has 3 nitrogen and oxygen atoms in total. The molecule has 3 heteroatoms. The number of aliphatic imine (C=N–C) groups is 1. The van der Waals surface area contributed by atoms with E-state index < -0.39 is 0 Å². The predicted octanol–water partition coefficient (Wildman–Crippen LogP) is 4.60. The molecule has 0 radical (unpaired) electrons. The maximum Gasteiger partial charge on any atom is 0.137 e. The van der Waals surface area contributed by atoms with Crippen molar-refractivity contribution >= 4 is 23.4 Å². The monoisotopic (exact) mass is 255 g/mol. The van der Waals surface area contributed by atoms with Gasteiger partial charge in [0, 0.05) is 24.8 Å². The lowest BCUT2D eigenvalue weighted by Crippen LogP contribution is -1.83. The topological polar surface area (TPSA) is 41.0 Å². The first-order chi connectivity index (χ1) is 9.26. The van der Waals surface area contributed by atoms with Crippen LogP contribution in [0.15, 0.2) is 47.7 Å². The Morgan fingerprint density at radius 1 is 1.58 bits per heavy atom. The number of aromatic nitrogens is 2. The van der Waals surface area contributed by atoms with Gasteiger partial charge in [-0.05, 0) is 37.8 Å². The lowest BCUT2D eigenvalue weighted by Gasteiger charge is -2.02. The van der Waals surface area contributed by atoms with E-state index in [1.165, 1.54) is 6.42 Å². The van der Waals surface area contributed by atoms with Crippen LogP contribution in [0.1, 0.15) is 33.2 Å². The van der Waals surface area contributed by atoms with Crippen LogP contribution >= 0.6 is 0 Å². The SMILES string of the molecule is C=N/C(=C\C(=C)CCCC)c1c[nH]c2ncccc12.[HH]. The fraction of sp³-hybridized carbons (Fsp3) is 0.250. The van der Waals surface area contributed by atoms with Crippen molar-refractivity contribution in [3.63, 3.8) is 0 Å². The van der Waals surface area contributed by atoms with Gasteiger partial charge in [0.1, 0.15) is 5.65 Å². The van der Waals surface area contributed by atoms with Crippen molar-refractivity contribution in [2.75, 3.05) is 0 Å². The summed E-state index contributed by atoms with van der Waals surface area (Å²) in [5, 5.41) is 1.06. The zero-order valence-electron chi connectivity index (χ0n) is 11.3. The van der Waals surface area contributed by atoms with Gasteiger partial charge >= 0.3 is 0 Å². The quantitative estimate of drug-likeness (QED) is 0.595. The highest BCUT2D eigenvalue weighted by atomic mass is 14.8. The fourth-order valence-electron chi connectivity index (χ4n) is 2.05. The lowest BCUT2D eigenvalue weighted by molar-refractivity contribution is 0.799. The Hall–Kier alpha value is -2.16. The van der Waals surface area contributed by atoms with E-state index in [1.807, 2.05) is 24.4 Å². The number of nitrogens with zero attached hydrogens (tertiary/aromatic N) is 2. The molecule has 100 valence electrons. The highest BCUT2D eigenvalue weighted by Crippen LogP contribution is 2.26. The summed E-state index contributed by atoms with van der Waals surface area (Å²) in [5.41, 5.74) is 3.82. The maximum absolute atomic E-state index is 4.28. The molecule has 0 atom stereocenters. The second-order valence-electron chi connectivity index (χ2n) is 4.55. The number of aromatic amines is 1. The van der Waals surface area contributed by atoms with E-state index in [4.69, 9.17) is 0 Å². The molecule has 2 aromatic heterocycles. The van der Waals surface area contributed by atoms with Crippen molar-refractivity contribution in [2.24, 2.45) is 4.99 Å². The Kier molecular flexibility index (Phi) is 4.29. The minimum atomic E-state index is 0. The van der Waals surface area contributed by atoms with Gasteiger partial charge in [-0.3, -0.25) is 4.99 Å². The van der Waals surface area contributed by atoms with E-state index in [1.54, 1.807) is 6.20 Å². The number of fused-ring (bicyclic) bond motifs is 1. The zero-order chi connectivity index (χ0) is 13.7. The van der Waals surface area contributed by atoms with E-state index in [2.05, 4.69) is 35.2 Å². The number of H-pyrrole nitrogens is 1. The van der Waals surface area contributed by atoms with Crippen molar-refractivity contribution in [2.45, 2.75) is 26.2 Å². The summed E-state index contributed by atoms with van der Waals surface area (Å²) in [5.74, 6) is 0. The van der Waals surface area contributed by atoms with Crippen LogP contribution in [0.25, 0.3) is 16.7 Å². The molecule has 19 heavy (non-hydrogen) atoms. The summed E-state index contributed by atoms with van der Waals surface area (Å²) in [6, 6.07) is 3.95. The third-order valence-corrected chi connectivity index (χ3v) is 3.09. The Morgan fingerprint density at radius 3 is 3.16 bits per heavy atom. The number of hydrogen-bond donors (Lipinski definition) is 1. The van der Waals surface area contributed by atoms with Gasteiger partial charge in [0.05, 0.1) is 5.70 Å². The molecule has 2 rings (SSSR count). The highest BCUT2D eigenvalue weighted by Gasteiger charge is 2.08. The molecular weight excluding hydrogens is 234 g/mol. The normalized spacial score (nSPS) is 11.7. The van der Waals surface area contributed by atoms with Crippen LogP contribution in [-0.2, 0) is 0 Å². The second kappa shape index (κ2) is 6.14. The summed E-state index contributed by atoms with van der Waals surface area (Å²) in [4.78, 5) is 11.6.